The molecule has 0 aliphatic carbocycles. The van der Waals surface area contributed by atoms with E-state index in [-0.39, 0.29) is 12.5 Å². The lowest BCUT2D eigenvalue weighted by molar-refractivity contribution is -0.302. The second-order valence-electron chi connectivity index (χ2n) is 17.9. The first-order valence-corrected chi connectivity index (χ1v) is 26.3. The van der Waals surface area contributed by atoms with Gasteiger partial charge in [-0.05, 0) is 77.0 Å². The van der Waals surface area contributed by atoms with Gasteiger partial charge in [0.1, 0.15) is 24.4 Å². The molecule has 1 saturated heterocycles. The van der Waals surface area contributed by atoms with E-state index in [1.807, 2.05) is 6.08 Å². The van der Waals surface area contributed by atoms with Gasteiger partial charge in [-0.15, -0.1) is 0 Å². The summed E-state index contributed by atoms with van der Waals surface area (Å²) in [5, 5.41) is 54.3. The lowest BCUT2D eigenvalue weighted by Gasteiger charge is -2.40. The van der Waals surface area contributed by atoms with E-state index in [2.05, 4.69) is 92.1 Å². The Morgan fingerprint density at radius 3 is 1.48 bits per heavy atom. The molecular formula is C56H97NO8. The topological polar surface area (TPSA) is 149 Å². The van der Waals surface area contributed by atoms with Gasteiger partial charge in [0.15, 0.2) is 6.29 Å². The minimum atomic E-state index is -1.58. The molecule has 9 nitrogen and oxygen atoms in total. The second-order valence-corrected chi connectivity index (χ2v) is 17.9. The van der Waals surface area contributed by atoms with Gasteiger partial charge < -0.3 is 40.3 Å². The molecule has 0 spiro atoms. The fraction of sp³-hybridized carbons (Fsp3) is 0.732. The Morgan fingerprint density at radius 1 is 0.538 bits per heavy atom. The van der Waals surface area contributed by atoms with Crippen LogP contribution in [0.1, 0.15) is 206 Å². The van der Waals surface area contributed by atoms with Gasteiger partial charge in [0.2, 0.25) is 5.91 Å². The zero-order valence-corrected chi connectivity index (χ0v) is 41.2. The molecule has 0 aromatic carbocycles. The van der Waals surface area contributed by atoms with Crippen LogP contribution in [0.15, 0.2) is 85.1 Å². The normalized spacial score (nSPS) is 20.6. The zero-order valence-electron chi connectivity index (χ0n) is 41.2. The first-order valence-electron chi connectivity index (χ1n) is 26.3. The predicted octanol–water partition coefficient (Wildman–Crippen LogP) is 12.3. The third-order valence-corrected chi connectivity index (χ3v) is 12.0. The Bertz CT molecular complexity index is 1290. The maximum Gasteiger partial charge on any atom is 0.220 e. The molecule has 0 saturated carbocycles. The quantitative estimate of drug-likeness (QED) is 0.0262. The number of hydrogen-bond donors (Lipinski definition) is 6. The van der Waals surface area contributed by atoms with Gasteiger partial charge in [-0.2, -0.15) is 0 Å². The van der Waals surface area contributed by atoms with Crippen molar-refractivity contribution >= 4 is 5.91 Å². The number of aliphatic hydroxyl groups excluding tert-OH is 5. The van der Waals surface area contributed by atoms with Crippen LogP contribution in [0, 0.1) is 0 Å². The average molecular weight is 912 g/mol. The van der Waals surface area contributed by atoms with Crippen LogP contribution in [0.2, 0.25) is 0 Å². The summed E-state index contributed by atoms with van der Waals surface area (Å²) in [5.41, 5.74) is 0. The molecule has 0 aromatic heterocycles. The van der Waals surface area contributed by atoms with E-state index < -0.39 is 49.5 Å². The molecule has 65 heavy (non-hydrogen) atoms. The van der Waals surface area contributed by atoms with Crippen LogP contribution in [-0.2, 0) is 14.3 Å². The second kappa shape index (κ2) is 45.2. The van der Waals surface area contributed by atoms with Crippen molar-refractivity contribution in [3.05, 3.63) is 85.1 Å². The monoisotopic (exact) mass is 912 g/mol. The molecule has 7 atom stereocenters. The van der Waals surface area contributed by atoms with Gasteiger partial charge in [-0.3, -0.25) is 4.79 Å². The highest BCUT2D eigenvalue weighted by Gasteiger charge is 2.44. The highest BCUT2D eigenvalue weighted by atomic mass is 16.7. The lowest BCUT2D eigenvalue weighted by Crippen LogP contribution is -2.60. The van der Waals surface area contributed by atoms with E-state index in [1.165, 1.54) is 109 Å². The maximum atomic E-state index is 13.0. The first-order chi connectivity index (χ1) is 31.8. The number of ether oxygens (including phenoxy) is 2. The van der Waals surface area contributed by atoms with Crippen molar-refractivity contribution in [3.8, 4) is 0 Å². The van der Waals surface area contributed by atoms with Crippen LogP contribution in [0.5, 0.6) is 0 Å². The molecule has 6 N–H and O–H groups in total. The van der Waals surface area contributed by atoms with E-state index >= 15 is 0 Å². The van der Waals surface area contributed by atoms with Crippen molar-refractivity contribution in [3.63, 3.8) is 0 Å². The SMILES string of the molecule is CC/C=C\C/C=C\C/C=C\C/C=C\C/C=C\CCCCCCCCCCCCCC(=O)NC(COC1OC(CO)C(O)C(O)C1O)C(O)/C=C/CC/C=C/CCCCCCCCCCC. The van der Waals surface area contributed by atoms with Crippen molar-refractivity contribution in [2.24, 2.45) is 0 Å². The maximum absolute atomic E-state index is 13.0. The summed E-state index contributed by atoms with van der Waals surface area (Å²) in [6, 6.07) is -0.827. The highest BCUT2D eigenvalue weighted by molar-refractivity contribution is 5.76. The number of hydrogen-bond acceptors (Lipinski definition) is 8. The van der Waals surface area contributed by atoms with Gasteiger partial charge in [0.25, 0.3) is 0 Å². The molecule has 0 aromatic rings. The summed E-state index contributed by atoms with van der Waals surface area (Å²) in [5.74, 6) is -0.194. The average Bonchev–Trinajstić information content (AvgIpc) is 3.31. The number of carbonyl (C=O) groups excluding carboxylic acids is 1. The van der Waals surface area contributed by atoms with Crippen LogP contribution in [-0.4, -0.2) is 87.5 Å². The Morgan fingerprint density at radius 2 is 0.969 bits per heavy atom. The molecule has 1 fully saturated rings. The van der Waals surface area contributed by atoms with Crippen molar-refractivity contribution in [2.45, 2.75) is 249 Å². The predicted molar refractivity (Wildman–Crippen MR) is 271 cm³/mol. The van der Waals surface area contributed by atoms with Crippen molar-refractivity contribution in [2.75, 3.05) is 13.2 Å². The Labute approximate surface area is 397 Å². The zero-order chi connectivity index (χ0) is 47.3. The van der Waals surface area contributed by atoms with E-state index in [9.17, 15) is 30.3 Å². The van der Waals surface area contributed by atoms with Crippen molar-refractivity contribution < 1.29 is 39.8 Å². The van der Waals surface area contributed by atoms with Gasteiger partial charge in [-0.25, -0.2) is 0 Å². The first kappa shape index (κ1) is 60.4. The minimum absolute atomic E-state index is 0.194. The molecule has 1 heterocycles. The van der Waals surface area contributed by atoms with Crippen LogP contribution < -0.4 is 5.32 Å². The summed E-state index contributed by atoms with van der Waals surface area (Å²) >= 11 is 0. The fourth-order valence-corrected chi connectivity index (χ4v) is 7.79. The Balaban J connectivity index is 2.26. The summed E-state index contributed by atoms with van der Waals surface area (Å²) in [4.78, 5) is 13.0. The van der Waals surface area contributed by atoms with Gasteiger partial charge in [-0.1, -0.05) is 208 Å². The third-order valence-electron chi connectivity index (χ3n) is 12.0. The molecule has 9 heteroatoms. The number of amides is 1. The summed E-state index contributed by atoms with van der Waals surface area (Å²) < 4.78 is 11.2. The van der Waals surface area contributed by atoms with Crippen molar-refractivity contribution in [1.82, 2.24) is 5.32 Å². The van der Waals surface area contributed by atoms with E-state index in [1.54, 1.807) is 6.08 Å². The molecule has 1 amide bonds. The molecule has 374 valence electrons. The molecule has 0 radical (unpaired) electrons. The number of rotatable bonds is 43. The number of allylic oxidation sites excluding steroid dienone is 13. The number of carbonyl (C=O) groups is 1. The highest BCUT2D eigenvalue weighted by Crippen LogP contribution is 2.22. The largest absolute Gasteiger partial charge is 0.394 e. The Hall–Kier alpha value is -2.63. The number of nitrogens with one attached hydrogen (secondary N) is 1. The lowest BCUT2D eigenvalue weighted by atomic mass is 9.99. The smallest absolute Gasteiger partial charge is 0.220 e. The van der Waals surface area contributed by atoms with E-state index in [0.29, 0.717) is 6.42 Å². The molecule has 1 aliphatic heterocycles. The van der Waals surface area contributed by atoms with Crippen LogP contribution >= 0.6 is 0 Å². The van der Waals surface area contributed by atoms with Crippen molar-refractivity contribution in [1.29, 1.82) is 0 Å². The molecule has 7 unspecified atom stereocenters. The standard InChI is InChI=1S/C56H97NO8/c1-3-5-7-9-11-13-15-17-19-20-21-22-23-24-25-26-27-28-29-30-32-34-36-38-40-42-44-46-52(60)57-49(48-64-56-55(63)54(62)53(61)51(47-58)65-56)50(59)45-43-41-39-37-35-33-31-18-16-14-12-10-8-6-4-2/h5,7,11,13,17,19,21-22,24-25,35,37,43,45,49-51,53-56,58-59,61-63H,3-4,6,8-10,12,14-16,18,20,23,26-34,36,38-42,44,46-48H2,1-2H3,(H,57,60)/b7-5-,13-11-,19-17-,22-21-,25-24-,37-35+,45-43+. The summed E-state index contributed by atoms with van der Waals surface area (Å²) in [6.45, 7) is 3.63. The van der Waals surface area contributed by atoms with Gasteiger partial charge >= 0.3 is 0 Å². The number of unbranched alkanes of at least 4 members (excludes halogenated alkanes) is 21. The van der Waals surface area contributed by atoms with Gasteiger partial charge in [0, 0.05) is 6.42 Å². The van der Waals surface area contributed by atoms with E-state index in [0.717, 1.165) is 77.0 Å². The summed E-state index contributed by atoms with van der Waals surface area (Å²) in [6.07, 6.45) is 56.3. The third kappa shape index (κ3) is 35.2. The fourth-order valence-electron chi connectivity index (χ4n) is 7.79. The Kier molecular flexibility index (Phi) is 42.0. The minimum Gasteiger partial charge on any atom is -0.394 e. The molecular weight excluding hydrogens is 815 g/mol. The van der Waals surface area contributed by atoms with Crippen LogP contribution in [0.3, 0.4) is 0 Å². The van der Waals surface area contributed by atoms with E-state index in [4.69, 9.17) is 9.47 Å². The molecule has 1 rings (SSSR count). The molecule has 1 aliphatic rings. The van der Waals surface area contributed by atoms with Gasteiger partial charge in [0.05, 0.1) is 25.4 Å². The van der Waals surface area contributed by atoms with Crippen LogP contribution in [0.4, 0.5) is 0 Å². The summed E-state index contributed by atoms with van der Waals surface area (Å²) in [7, 11) is 0. The van der Waals surface area contributed by atoms with Crippen LogP contribution in [0.25, 0.3) is 0 Å². The molecule has 0 bridgehead atoms. The number of aliphatic hydroxyl groups is 5.